The molecule has 0 unspecified atom stereocenters. The van der Waals surface area contributed by atoms with Gasteiger partial charge in [-0.3, -0.25) is 0 Å². The van der Waals surface area contributed by atoms with Crippen LogP contribution in [0.25, 0.3) is 11.1 Å². The van der Waals surface area contributed by atoms with Gasteiger partial charge in [-0.15, -0.1) is 0 Å². The van der Waals surface area contributed by atoms with Crippen LogP contribution in [0.2, 0.25) is 0 Å². The summed E-state index contributed by atoms with van der Waals surface area (Å²) in [5, 5.41) is 26.1. The summed E-state index contributed by atoms with van der Waals surface area (Å²) in [6.07, 6.45) is 0. The minimum Gasteiger partial charge on any atom is -0.184 e. The second kappa shape index (κ2) is 8.51. The van der Waals surface area contributed by atoms with Crippen molar-refractivity contribution >= 4 is 23.5 Å². The predicted octanol–water partition coefficient (Wildman–Crippen LogP) is 4.40. The van der Waals surface area contributed by atoms with Gasteiger partial charge in [-0.05, 0) is 45.9 Å². The fourth-order valence-corrected chi connectivity index (χ4v) is 2.14. The fraction of sp³-hybridized carbons (Fsp3) is 0. The zero-order valence-electron chi connectivity index (χ0n) is 11.3. The van der Waals surface area contributed by atoms with E-state index in [1.807, 2.05) is 59.3 Å². The zero-order valence-corrected chi connectivity index (χ0v) is 13.0. The third kappa shape index (κ3) is 4.66. The summed E-state index contributed by atoms with van der Waals surface area (Å²) in [5.74, 6) is 5.81. The first-order valence-corrected chi connectivity index (χ1v) is 7.79. The zero-order chi connectivity index (χ0) is 15.6. The Kier molecular flexibility index (Phi) is 6.04. The average molecular weight is 316 g/mol. The Morgan fingerprint density at radius 2 is 0.955 bits per heavy atom. The summed E-state index contributed by atoms with van der Waals surface area (Å²) in [6, 6.07) is 15.7. The molecule has 102 valence electrons. The molecule has 0 spiro atoms. The van der Waals surface area contributed by atoms with E-state index in [0.29, 0.717) is 0 Å². The van der Waals surface area contributed by atoms with Crippen molar-refractivity contribution in [3.05, 3.63) is 59.7 Å². The van der Waals surface area contributed by atoms with Gasteiger partial charge in [0.1, 0.15) is 10.8 Å². The van der Waals surface area contributed by atoms with Gasteiger partial charge in [-0.25, -0.2) is 0 Å². The molecule has 0 aliphatic carbocycles. The van der Waals surface area contributed by atoms with Crippen LogP contribution in [0.5, 0.6) is 0 Å². The Morgan fingerprint density at radius 1 is 0.591 bits per heavy atom. The maximum absolute atomic E-state index is 8.41. The molecule has 0 radical (unpaired) electrons. The first-order valence-electron chi connectivity index (χ1n) is 6.16. The van der Waals surface area contributed by atoms with Crippen LogP contribution < -0.4 is 0 Å². The second-order valence-corrected chi connectivity index (χ2v) is 5.18. The number of thioether (sulfide) groups is 2. The largest absolute Gasteiger partial charge is 0.184 e. The highest BCUT2D eigenvalue weighted by Gasteiger charge is 1.97. The molecule has 2 rings (SSSR count). The molecule has 0 fully saturated rings. The van der Waals surface area contributed by atoms with Crippen molar-refractivity contribution in [3.8, 4) is 44.3 Å². The van der Waals surface area contributed by atoms with Crippen LogP contribution in [0.4, 0.5) is 0 Å². The Hall–Kier alpha value is -2.76. The van der Waals surface area contributed by atoms with Crippen LogP contribution in [0.3, 0.4) is 0 Å². The maximum Gasteiger partial charge on any atom is 0.147 e. The second-order valence-electron chi connectivity index (χ2n) is 4.00. The van der Waals surface area contributed by atoms with E-state index < -0.39 is 0 Å². The highest BCUT2D eigenvalue weighted by Crippen LogP contribution is 2.20. The number of hydrogen-bond donors (Lipinski definition) is 0. The summed E-state index contributed by atoms with van der Waals surface area (Å²) < 4.78 is 0. The Bertz CT molecular complexity index is 771. The standard InChI is InChI=1S/C18H8N2S2/c19-13-21-11-9-15-1-5-17(6-2-15)18-7-3-16(4-8-18)10-12-22-14-20/h1-8H. The molecule has 0 aliphatic heterocycles. The first kappa shape index (κ1) is 15.6. The van der Waals surface area contributed by atoms with E-state index in [4.69, 9.17) is 10.5 Å². The van der Waals surface area contributed by atoms with Crippen LogP contribution in [0, 0.1) is 43.7 Å². The predicted molar refractivity (Wildman–Crippen MR) is 92.0 cm³/mol. The highest BCUT2D eigenvalue weighted by atomic mass is 32.2. The minimum absolute atomic E-state index is 0.877. The van der Waals surface area contributed by atoms with Crippen molar-refractivity contribution in [3.63, 3.8) is 0 Å². The lowest BCUT2D eigenvalue weighted by atomic mass is 10.0. The molecule has 0 saturated heterocycles. The van der Waals surface area contributed by atoms with Crippen molar-refractivity contribution in [1.29, 1.82) is 10.5 Å². The Labute approximate surface area is 138 Å². The Morgan fingerprint density at radius 3 is 1.27 bits per heavy atom. The third-order valence-electron chi connectivity index (χ3n) is 2.69. The SMILES string of the molecule is N#CSC#Cc1ccc(-c2ccc(C#CSC#N)cc2)cc1. The molecule has 2 nitrogen and oxygen atoms in total. The monoisotopic (exact) mass is 316 g/mol. The molecule has 2 aromatic carbocycles. The number of rotatable bonds is 1. The van der Waals surface area contributed by atoms with E-state index in [-0.39, 0.29) is 0 Å². The maximum atomic E-state index is 8.41. The van der Waals surface area contributed by atoms with Crippen molar-refractivity contribution in [2.24, 2.45) is 0 Å². The topological polar surface area (TPSA) is 47.6 Å². The molecule has 22 heavy (non-hydrogen) atoms. The van der Waals surface area contributed by atoms with Crippen molar-refractivity contribution in [1.82, 2.24) is 0 Å². The van der Waals surface area contributed by atoms with Gasteiger partial charge in [0.25, 0.3) is 0 Å². The lowest BCUT2D eigenvalue weighted by Gasteiger charge is -2.02. The molecule has 0 bridgehead atoms. The normalized spacial score (nSPS) is 8.45. The third-order valence-corrected chi connectivity index (χ3v) is 3.28. The number of hydrogen-bond acceptors (Lipinski definition) is 4. The van der Waals surface area contributed by atoms with E-state index in [1.54, 1.807) is 0 Å². The quantitative estimate of drug-likeness (QED) is 0.578. The van der Waals surface area contributed by atoms with E-state index in [0.717, 1.165) is 45.8 Å². The van der Waals surface area contributed by atoms with Crippen molar-refractivity contribution < 1.29 is 0 Å². The highest BCUT2D eigenvalue weighted by molar-refractivity contribution is 8.08. The van der Waals surface area contributed by atoms with Crippen LogP contribution >= 0.6 is 23.5 Å². The number of nitrogens with zero attached hydrogens (tertiary/aromatic N) is 2. The summed E-state index contributed by atoms with van der Waals surface area (Å²) in [5.41, 5.74) is 3.93. The molecule has 0 amide bonds. The first-order chi connectivity index (χ1) is 10.8. The number of thiocyanates is 2. The fourth-order valence-electron chi connectivity index (χ4n) is 1.71. The van der Waals surface area contributed by atoms with Gasteiger partial charge in [0, 0.05) is 34.7 Å². The van der Waals surface area contributed by atoms with E-state index in [9.17, 15) is 0 Å². The van der Waals surface area contributed by atoms with E-state index in [2.05, 4.69) is 22.3 Å². The van der Waals surface area contributed by atoms with E-state index >= 15 is 0 Å². The molecule has 2 aromatic rings. The number of benzene rings is 2. The smallest absolute Gasteiger partial charge is 0.147 e. The average Bonchev–Trinajstić information content (AvgIpc) is 2.57. The molecule has 0 saturated carbocycles. The van der Waals surface area contributed by atoms with Gasteiger partial charge in [-0.2, -0.15) is 10.5 Å². The molecule has 0 N–H and O–H groups in total. The Balaban J connectivity index is 2.13. The summed E-state index contributed by atoms with van der Waals surface area (Å²) in [6.45, 7) is 0. The molecular weight excluding hydrogens is 308 g/mol. The van der Waals surface area contributed by atoms with Gasteiger partial charge >= 0.3 is 0 Å². The summed E-state index contributed by atoms with van der Waals surface area (Å²) >= 11 is 1.85. The minimum atomic E-state index is 0.877. The van der Waals surface area contributed by atoms with Gasteiger partial charge in [-0.1, -0.05) is 36.1 Å². The van der Waals surface area contributed by atoms with E-state index in [1.165, 1.54) is 0 Å². The molecule has 4 heteroatoms. The summed E-state index contributed by atoms with van der Waals surface area (Å²) in [4.78, 5) is 0. The van der Waals surface area contributed by atoms with Crippen LogP contribution in [-0.4, -0.2) is 0 Å². The molecule has 0 aliphatic rings. The van der Waals surface area contributed by atoms with Crippen LogP contribution in [-0.2, 0) is 0 Å². The van der Waals surface area contributed by atoms with Gasteiger partial charge < -0.3 is 0 Å². The van der Waals surface area contributed by atoms with Crippen LogP contribution in [0.1, 0.15) is 11.1 Å². The number of nitriles is 2. The molecule has 0 atom stereocenters. The van der Waals surface area contributed by atoms with Gasteiger partial charge in [0.05, 0.1) is 0 Å². The van der Waals surface area contributed by atoms with Gasteiger partial charge in [0.2, 0.25) is 0 Å². The molecule has 0 aromatic heterocycles. The van der Waals surface area contributed by atoms with Crippen LogP contribution in [0.15, 0.2) is 48.5 Å². The molecule has 0 heterocycles. The summed E-state index contributed by atoms with van der Waals surface area (Å²) in [7, 11) is 0. The van der Waals surface area contributed by atoms with Crippen molar-refractivity contribution in [2.45, 2.75) is 0 Å². The lowest BCUT2D eigenvalue weighted by molar-refractivity contribution is 1.57. The molecular formula is C18H8N2S2. The van der Waals surface area contributed by atoms with Gasteiger partial charge in [0.15, 0.2) is 0 Å². The van der Waals surface area contributed by atoms with Crippen molar-refractivity contribution in [2.75, 3.05) is 0 Å². The lowest BCUT2D eigenvalue weighted by Crippen LogP contribution is -1.80.